The van der Waals surface area contributed by atoms with Crippen molar-refractivity contribution in [2.24, 2.45) is 0 Å². The fourth-order valence-corrected chi connectivity index (χ4v) is 2.32. The third kappa shape index (κ3) is 1.87. The van der Waals surface area contributed by atoms with Gasteiger partial charge in [0.05, 0.1) is 5.69 Å². The molecule has 1 aliphatic heterocycles. The molecule has 1 aromatic heterocycles. The highest BCUT2D eigenvalue weighted by Crippen LogP contribution is 2.27. The van der Waals surface area contributed by atoms with Gasteiger partial charge in [-0.05, 0) is 19.8 Å². The summed E-state index contributed by atoms with van der Waals surface area (Å²) in [7, 11) is 0. The Hall–Kier alpha value is -1.61. The van der Waals surface area contributed by atoms with E-state index >= 15 is 0 Å². The van der Waals surface area contributed by atoms with E-state index in [-0.39, 0.29) is 0 Å². The summed E-state index contributed by atoms with van der Waals surface area (Å²) in [6.07, 6.45) is 4.38. The quantitative estimate of drug-likeness (QED) is 0.815. The second-order valence-electron chi connectivity index (χ2n) is 4.69. The molecule has 0 saturated carbocycles. The number of aliphatic hydroxyl groups is 1. The van der Waals surface area contributed by atoms with Gasteiger partial charge in [0, 0.05) is 18.2 Å². The number of imidazole rings is 1. The highest BCUT2D eigenvalue weighted by molar-refractivity contribution is 5.59. The van der Waals surface area contributed by atoms with Crippen LogP contribution in [0.4, 0.5) is 0 Å². The van der Waals surface area contributed by atoms with Crippen molar-refractivity contribution in [1.82, 2.24) is 9.55 Å². The molecule has 3 nitrogen and oxygen atoms in total. The van der Waals surface area contributed by atoms with E-state index in [0.29, 0.717) is 0 Å². The number of aryl methyl sites for hydroxylation is 2. The standard InChI is InChI=1S/C14H16N2O/c1-10-5-7-11(8-6-10)12-9-16-13(15-12)3-2-4-14(16)17/h5-9,14,17H,2-4H2,1H3. The first-order valence-corrected chi connectivity index (χ1v) is 6.07. The maximum Gasteiger partial charge on any atom is 0.131 e. The molecule has 0 aliphatic carbocycles. The number of fused-ring (bicyclic) bond motifs is 1. The van der Waals surface area contributed by atoms with Crippen LogP contribution in [0.2, 0.25) is 0 Å². The maximum atomic E-state index is 9.89. The molecule has 3 rings (SSSR count). The molecule has 1 aliphatic rings. The lowest BCUT2D eigenvalue weighted by molar-refractivity contribution is 0.0781. The van der Waals surface area contributed by atoms with Crippen molar-refractivity contribution in [2.45, 2.75) is 32.4 Å². The third-order valence-corrected chi connectivity index (χ3v) is 3.34. The van der Waals surface area contributed by atoms with E-state index < -0.39 is 6.23 Å². The number of rotatable bonds is 1. The van der Waals surface area contributed by atoms with E-state index in [9.17, 15) is 5.11 Å². The Bertz CT molecular complexity index is 528. The zero-order chi connectivity index (χ0) is 11.8. The van der Waals surface area contributed by atoms with Gasteiger partial charge in [-0.2, -0.15) is 0 Å². The minimum atomic E-state index is -0.398. The molecule has 0 spiro atoms. The molecule has 0 radical (unpaired) electrons. The summed E-state index contributed by atoms with van der Waals surface area (Å²) < 4.78 is 1.90. The van der Waals surface area contributed by atoms with Gasteiger partial charge in [0.15, 0.2) is 0 Å². The van der Waals surface area contributed by atoms with Gasteiger partial charge in [-0.3, -0.25) is 0 Å². The third-order valence-electron chi connectivity index (χ3n) is 3.34. The summed E-state index contributed by atoms with van der Waals surface area (Å²) in [5, 5.41) is 9.89. The Kier molecular flexibility index (Phi) is 2.48. The van der Waals surface area contributed by atoms with Crippen LogP contribution in [0.25, 0.3) is 11.3 Å². The number of hydrogen-bond donors (Lipinski definition) is 1. The van der Waals surface area contributed by atoms with E-state index in [1.165, 1.54) is 5.56 Å². The monoisotopic (exact) mass is 228 g/mol. The average Bonchev–Trinajstić information content (AvgIpc) is 2.75. The number of aliphatic hydroxyl groups excluding tert-OH is 1. The van der Waals surface area contributed by atoms with Gasteiger partial charge < -0.3 is 9.67 Å². The smallest absolute Gasteiger partial charge is 0.131 e. The molecule has 88 valence electrons. The van der Waals surface area contributed by atoms with E-state index in [0.717, 1.165) is 36.3 Å². The van der Waals surface area contributed by atoms with Gasteiger partial charge in [0.2, 0.25) is 0 Å². The number of aromatic nitrogens is 2. The van der Waals surface area contributed by atoms with Crippen molar-refractivity contribution in [2.75, 3.05) is 0 Å². The van der Waals surface area contributed by atoms with Crippen molar-refractivity contribution in [3.05, 3.63) is 41.9 Å². The summed E-state index contributed by atoms with van der Waals surface area (Å²) in [4.78, 5) is 4.60. The number of nitrogens with zero attached hydrogens (tertiary/aromatic N) is 2. The van der Waals surface area contributed by atoms with Gasteiger partial charge in [-0.1, -0.05) is 29.8 Å². The van der Waals surface area contributed by atoms with E-state index in [1.54, 1.807) is 0 Å². The maximum absolute atomic E-state index is 9.89. The van der Waals surface area contributed by atoms with Gasteiger partial charge >= 0.3 is 0 Å². The fourth-order valence-electron chi connectivity index (χ4n) is 2.32. The summed E-state index contributed by atoms with van der Waals surface area (Å²) in [6.45, 7) is 2.08. The molecule has 1 aromatic carbocycles. The van der Waals surface area contributed by atoms with Crippen molar-refractivity contribution in [3.63, 3.8) is 0 Å². The van der Waals surface area contributed by atoms with Crippen molar-refractivity contribution in [1.29, 1.82) is 0 Å². The van der Waals surface area contributed by atoms with Crippen LogP contribution < -0.4 is 0 Å². The second kappa shape index (κ2) is 4.00. The zero-order valence-electron chi connectivity index (χ0n) is 9.93. The fraction of sp³-hybridized carbons (Fsp3) is 0.357. The molecule has 1 N–H and O–H groups in total. The van der Waals surface area contributed by atoms with E-state index in [4.69, 9.17) is 0 Å². The van der Waals surface area contributed by atoms with Gasteiger partial charge in [0.1, 0.15) is 12.1 Å². The Labute approximate surface area is 101 Å². The first-order valence-electron chi connectivity index (χ1n) is 6.07. The SMILES string of the molecule is Cc1ccc(-c2cn3c(n2)CCCC3O)cc1. The molecule has 17 heavy (non-hydrogen) atoms. The molecule has 0 amide bonds. The van der Waals surface area contributed by atoms with E-state index in [2.05, 4.69) is 36.2 Å². The lowest BCUT2D eigenvalue weighted by Gasteiger charge is -2.19. The highest BCUT2D eigenvalue weighted by Gasteiger charge is 2.19. The second-order valence-corrected chi connectivity index (χ2v) is 4.69. The molecule has 1 unspecified atom stereocenters. The van der Waals surface area contributed by atoms with Crippen molar-refractivity contribution in [3.8, 4) is 11.3 Å². The lowest BCUT2D eigenvalue weighted by Crippen LogP contribution is -2.16. The Morgan fingerprint density at radius 2 is 2.06 bits per heavy atom. The molecule has 2 heterocycles. The molecule has 0 bridgehead atoms. The largest absolute Gasteiger partial charge is 0.373 e. The molecule has 3 heteroatoms. The van der Waals surface area contributed by atoms with Gasteiger partial charge in [0.25, 0.3) is 0 Å². The summed E-state index contributed by atoms with van der Waals surface area (Å²) >= 11 is 0. The molecular weight excluding hydrogens is 212 g/mol. The molecule has 2 aromatic rings. The Morgan fingerprint density at radius 3 is 2.76 bits per heavy atom. The summed E-state index contributed by atoms with van der Waals surface area (Å²) in [5.41, 5.74) is 3.32. The summed E-state index contributed by atoms with van der Waals surface area (Å²) in [5.74, 6) is 0.999. The normalized spacial score (nSPS) is 19.1. The van der Waals surface area contributed by atoms with Crippen molar-refractivity contribution >= 4 is 0 Å². The number of benzene rings is 1. The predicted molar refractivity (Wildman–Crippen MR) is 66.6 cm³/mol. The van der Waals surface area contributed by atoms with Crippen LogP contribution in [0.3, 0.4) is 0 Å². The molecule has 1 atom stereocenters. The predicted octanol–water partition coefficient (Wildman–Crippen LogP) is 2.69. The van der Waals surface area contributed by atoms with Crippen LogP contribution in [-0.4, -0.2) is 14.7 Å². The first kappa shape index (κ1) is 10.5. The highest BCUT2D eigenvalue weighted by atomic mass is 16.3. The van der Waals surface area contributed by atoms with Crippen LogP contribution in [0.1, 0.15) is 30.5 Å². The molecule has 0 fully saturated rings. The topological polar surface area (TPSA) is 38.0 Å². The number of hydrogen-bond acceptors (Lipinski definition) is 2. The average molecular weight is 228 g/mol. The first-order chi connectivity index (χ1) is 8.24. The summed E-state index contributed by atoms with van der Waals surface area (Å²) in [6, 6.07) is 8.33. The lowest BCUT2D eigenvalue weighted by atomic mass is 10.1. The van der Waals surface area contributed by atoms with Gasteiger partial charge in [-0.25, -0.2) is 4.98 Å². The Balaban J connectivity index is 2.02. The Morgan fingerprint density at radius 1 is 1.29 bits per heavy atom. The van der Waals surface area contributed by atoms with Crippen LogP contribution in [-0.2, 0) is 6.42 Å². The minimum Gasteiger partial charge on any atom is -0.373 e. The van der Waals surface area contributed by atoms with Crippen LogP contribution >= 0.6 is 0 Å². The van der Waals surface area contributed by atoms with E-state index in [1.807, 2.05) is 10.8 Å². The van der Waals surface area contributed by atoms with Gasteiger partial charge in [-0.15, -0.1) is 0 Å². The molecule has 0 saturated heterocycles. The van der Waals surface area contributed by atoms with Crippen LogP contribution in [0, 0.1) is 6.92 Å². The van der Waals surface area contributed by atoms with Crippen LogP contribution in [0.5, 0.6) is 0 Å². The minimum absolute atomic E-state index is 0.398. The van der Waals surface area contributed by atoms with Crippen LogP contribution in [0.15, 0.2) is 30.5 Å². The zero-order valence-corrected chi connectivity index (χ0v) is 9.93. The molecular formula is C14H16N2O. The van der Waals surface area contributed by atoms with Crippen molar-refractivity contribution < 1.29 is 5.11 Å².